The first-order valence-corrected chi connectivity index (χ1v) is 8.66. The zero-order valence-electron chi connectivity index (χ0n) is 12.1. The zero-order valence-corrected chi connectivity index (χ0v) is 13.7. The molecule has 0 atom stereocenters. The lowest BCUT2D eigenvalue weighted by molar-refractivity contribution is 0.0961. The summed E-state index contributed by atoms with van der Waals surface area (Å²) in [6, 6.07) is 8.10. The quantitative estimate of drug-likeness (QED) is 0.802. The van der Waals surface area contributed by atoms with Gasteiger partial charge in [-0.2, -0.15) is 0 Å². The van der Waals surface area contributed by atoms with Crippen LogP contribution in [0.15, 0.2) is 28.7 Å². The summed E-state index contributed by atoms with van der Waals surface area (Å²) in [7, 11) is 0. The van der Waals surface area contributed by atoms with Crippen LogP contribution in [0.4, 0.5) is 0 Å². The third-order valence-corrected chi connectivity index (χ3v) is 5.55. The van der Waals surface area contributed by atoms with E-state index in [0.29, 0.717) is 0 Å². The van der Waals surface area contributed by atoms with Crippen LogP contribution in [0.3, 0.4) is 0 Å². The number of nitrogens with zero attached hydrogens (tertiary/aromatic N) is 1. The molecule has 1 aliphatic heterocycles. The normalized spacial score (nSPS) is 22.2. The molecule has 0 aromatic heterocycles. The van der Waals surface area contributed by atoms with Crippen LogP contribution < -0.4 is 4.74 Å². The van der Waals surface area contributed by atoms with Gasteiger partial charge in [-0.25, -0.2) is 0 Å². The molecule has 3 heteroatoms. The maximum atomic E-state index is 5.83. The van der Waals surface area contributed by atoms with Gasteiger partial charge in [-0.3, -0.25) is 4.90 Å². The van der Waals surface area contributed by atoms with Gasteiger partial charge in [-0.05, 0) is 62.4 Å². The highest BCUT2D eigenvalue weighted by Gasteiger charge is 2.36. The maximum absolute atomic E-state index is 5.83. The Bertz CT molecular complexity index is 432. The molecule has 1 heterocycles. The molecular formula is C17H24BrNO. The van der Waals surface area contributed by atoms with E-state index >= 15 is 0 Å². The highest BCUT2D eigenvalue weighted by molar-refractivity contribution is 9.10. The first-order valence-electron chi connectivity index (χ1n) is 7.87. The third-order valence-electron chi connectivity index (χ3n) is 5.05. The summed E-state index contributed by atoms with van der Waals surface area (Å²) < 4.78 is 6.91. The standard InChI is InChI=1S/C17H24BrNO/c18-15-4-3-5-16(14-15)20-13-12-19-10-8-17(9-11-19)6-1-2-7-17/h3-5,14H,1-2,6-13H2. The number of benzene rings is 1. The lowest BCUT2D eigenvalue weighted by Crippen LogP contribution is -2.40. The van der Waals surface area contributed by atoms with E-state index in [2.05, 4.69) is 20.8 Å². The molecule has 0 unspecified atom stereocenters. The van der Waals surface area contributed by atoms with Gasteiger partial charge >= 0.3 is 0 Å². The van der Waals surface area contributed by atoms with Gasteiger partial charge in [0.1, 0.15) is 12.4 Å². The number of likely N-dealkylation sites (tertiary alicyclic amines) is 1. The Balaban J connectivity index is 1.39. The number of piperidine rings is 1. The van der Waals surface area contributed by atoms with Crippen molar-refractivity contribution >= 4 is 15.9 Å². The predicted octanol–water partition coefficient (Wildman–Crippen LogP) is 4.48. The Morgan fingerprint density at radius 3 is 2.55 bits per heavy atom. The number of ether oxygens (including phenoxy) is 1. The second-order valence-corrected chi connectivity index (χ2v) is 7.27. The average molecular weight is 338 g/mol. The van der Waals surface area contributed by atoms with Gasteiger partial charge in [0.05, 0.1) is 0 Å². The molecule has 1 spiro atoms. The highest BCUT2D eigenvalue weighted by atomic mass is 79.9. The Hall–Kier alpha value is -0.540. The van der Waals surface area contributed by atoms with Crippen LogP contribution in [0, 0.1) is 5.41 Å². The molecule has 1 aliphatic carbocycles. The van der Waals surface area contributed by atoms with E-state index in [1.165, 1.54) is 51.6 Å². The first-order chi connectivity index (χ1) is 9.76. The molecule has 0 radical (unpaired) electrons. The monoisotopic (exact) mass is 337 g/mol. The lowest BCUT2D eigenvalue weighted by atomic mass is 9.77. The molecule has 2 aliphatic rings. The fourth-order valence-corrected chi connectivity index (χ4v) is 4.10. The van der Waals surface area contributed by atoms with Crippen LogP contribution in [0.25, 0.3) is 0 Å². The van der Waals surface area contributed by atoms with E-state index in [9.17, 15) is 0 Å². The topological polar surface area (TPSA) is 12.5 Å². The van der Waals surface area contributed by atoms with E-state index in [-0.39, 0.29) is 0 Å². The van der Waals surface area contributed by atoms with Crippen LogP contribution in [0.1, 0.15) is 38.5 Å². The molecule has 0 amide bonds. The van der Waals surface area contributed by atoms with Crippen molar-refractivity contribution in [1.82, 2.24) is 4.90 Å². The lowest BCUT2D eigenvalue weighted by Gasteiger charge is -2.39. The smallest absolute Gasteiger partial charge is 0.120 e. The molecule has 2 nitrogen and oxygen atoms in total. The average Bonchev–Trinajstić information content (AvgIpc) is 2.90. The van der Waals surface area contributed by atoms with Crippen LogP contribution in [-0.4, -0.2) is 31.1 Å². The van der Waals surface area contributed by atoms with Crippen molar-refractivity contribution in [2.75, 3.05) is 26.2 Å². The van der Waals surface area contributed by atoms with Crippen molar-refractivity contribution in [2.24, 2.45) is 5.41 Å². The van der Waals surface area contributed by atoms with Gasteiger partial charge < -0.3 is 4.74 Å². The second-order valence-electron chi connectivity index (χ2n) is 6.35. The Morgan fingerprint density at radius 2 is 1.85 bits per heavy atom. The molecule has 2 fully saturated rings. The van der Waals surface area contributed by atoms with Crippen molar-refractivity contribution in [3.05, 3.63) is 28.7 Å². The van der Waals surface area contributed by atoms with E-state index < -0.39 is 0 Å². The van der Waals surface area contributed by atoms with E-state index in [4.69, 9.17) is 4.74 Å². The summed E-state index contributed by atoms with van der Waals surface area (Å²) >= 11 is 3.47. The number of hydrogen-bond acceptors (Lipinski definition) is 2. The SMILES string of the molecule is Brc1cccc(OCCN2CCC3(CCCC3)CC2)c1. The fourth-order valence-electron chi connectivity index (χ4n) is 3.73. The van der Waals surface area contributed by atoms with E-state index in [1.807, 2.05) is 24.3 Å². The molecule has 0 bridgehead atoms. The fraction of sp³-hybridized carbons (Fsp3) is 0.647. The minimum absolute atomic E-state index is 0.724. The van der Waals surface area contributed by atoms with Gasteiger partial charge in [0.15, 0.2) is 0 Å². The molecule has 110 valence electrons. The van der Waals surface area contributed by atoms with Crippen molar-refractivity contribution in [2.45, 2.75) is 38.5 Å². The summed E-state index contributed by atoms with van der Waals surface area (Å²) in [4.78, 5) is 2.57. The largest absolute Gasteiger partial charge is 0.492 e. The number of rotatable bonds is 4. The molecule has 0 N–H and O–H groups in total. The summed E-state index contributed by atoms with van der Waals surface area (Å²) in [5.74, 6) is 0.962. The predicted molar refractivity (Wildman–Crippen MR) is 86.2 cm³/mol. The second kappa shape index (κ2) is 6.48. The van der Waals surface area contributed by atoms with Crippen LogP contribution in [-0.2, 0) is 0 Å². The van der Waals surface area contributed by atoms with Gasteiger partial charge in [0.25, 0.3) is 0 Å². The summed E-state index contributed by atoms with van der Waals surface area (Å²) in [6.07, 6.45) is 8.70. The molecule has 20 heavy (non-hydrogen) atoms. The van der Waals surface area contributed by atoms with Gasteiger partial charge in [-0.15, -0.1) is 0 Å². The van der Waals surface area contributed by atoms with Gasteiger partial charge in [0.2, 0.25) is 0 Å². The first kappa shape index (κ1) is 14.4. The van der Waals surface area contributed by atoms with Gasteiger partial charge in [-0.1, -0.05) is 34.8 Å². The minimum Gasteiger partial charge on any atom is -0.492 e. The Labute approximate surface area is 130 Å². The molecule has 1 aromatic rings. The van der Waals surface area contributed by atoms with Crippen molar-refractivity contribution < 1.29 is 4.74 Å². The number of halogens is 1. The number of hydrogen-bond donors (Lipinski definition) is 0. The Morgan fingerprint density at radius 1 is 1.10 bits per heavy atom. The molecule has 1 saturated carbocycles. The van der Waals surface area contributed by atoms with Crippen molar-refractivity contribution in [1.29, 1.82) is 0 Å². The van der Waals surface area contributed by atoms with Crippen molar-refractivity contribution in [3.63, 3.8) is 0 Å². The minimum atomic E-state index is 0.724. The Kier molecular flexibility index (Phi) is 4.67. The van der Waals surface area contributed by atoms with E-state index in [0.717, 1.165) is 28.8 Å². The van der Waals surface area contributed by atoms with Crippen LogP contribution in [0.5, 0.6) is 5.75 Å². The third kappa shape index (κ3) is 3.56. The molecule has 1 aromatic carbocycles. The maximum Gasteiger partial charge on any atom is 0.120 e. The van der Waals surface area contributed by atoms with Gasteiger partial charge in [0, 0.05) is 11.0 Å². The summed E-state index contributed by atoms with van der Waals surface area (Å²) in [6.45, 7) is 4.38. The van der Waals surface area contributed by atoms with Crippen molar-refractivity contribution in [3.8, 4) is 5.75 Å². The molecular weight excluding hydrogens is 314 g/mol. The highest BCUT2D eigenvalue weighted by Crippen LogP contribution is 2.45. The van der Waals surface area contributed by atoms with Crippen LogP contribution >= 0.6 is 15.9 Å². The molecule has 1 saturated heterocycles. The summed E-state index contributed by atoms with van der Waals surface area (Å²) in [5, 5.41) is 0. The molecule has 3 rings (SSSR count). The summed E-state index contributed by atoms with van der Waals surface area (Å²) in [5.41, 5.74) is 0.724. The van der Waals surface area contributed by atoms with Crippen LogP contribution in [0.2, 0.25) is 0 Å². The zero-order chi connectivity index (χ0) is 13.8. The van der Waals surface area contributed by atoms with E-state index in [1.54, 1.807) is 0 Å².